The maximum absolute atomic E-state index is 13.5. The molecule has 1 amide bonds. The standard InChI is InChI=1S/C12H12FN5O3/c1-14-9-4-7(10(18(20)21)5-8(9)13)12(19)17-6-11-15-2-3-16-11/h2-5,14H,6H2,1H3,(H,15,16)(H,17,19). The molecule has 3 N–H and O–H groups in total. The molecule has 0 aliphatic carbocycles. The molecule has 0 fully saturated rings. The number of anilines is 1. The van der Waals surface area contributed by atoms with Crippen molar-refractivity contribution < 1.29 is 14.1 Å². The molecule has 2 rings (SSSR count). The highest BCUT2D eigenvalue weighted by Crippen LogP contribution is 2.25. The fraction of sp³-hybridized carbons (Fsp3) is 0.167. The molecule has 9 heteroatoms. The average Bonchev–Trinajstić information content (AvgIpc) is 2.97. The van der Waals surface area contributed by atoms with Crippen LogP contribution < -0.4 is 10.6 Å². The minimum absolute atomic E-state index is 0.00347. The van der Waals surface area contributed by atoms with E-state index in [2.05, 4.69) is 20.6 Å². The van der Waals surface area contributed by atoms with E-state index in [1.54, 1.807) is 6.20 Å². The van der Waals surface area contributed by atoms with E-state index in [0.717, 1.165) is 6.07 Å². The summed E-state index contributed by atoms with van der Waals surface area (Å²) in [7, 11) is 1.45. The number of halogens is 1. The first kappa shape index (κ1) is 14.4. The first-order valence-corrected chi connectivity index (χ1v) is 5.95. The SMILES string of the molecule is CNc1cc(C(=O)NCc2ncc[nH]2)c([N+](=O)[O-])cc1F. The highest BCUT2D eigenvalue weighted by molar-refractivity contribution is 5.99. The summed E-state index contributed by atoms with van der Waals surface area (Å²) in [6.07, 6.45) is 3.10. The van der Waals surface area contributed by atoms with Crippen LogP contribution in [0.25, 0.3) is 0 Å². The van der Waals surface area contributed by atoms with Crippen LogP contribution in [0.2, 0.25) is 0 Å². The molecule has 110 valence electrons. The molecule has 0 spiro atoms. The van der Waals surface area contributed by atoms with E-state index >= 15 is 0 Å². The van der Waals surface area contributed by atoms with Crippen LogP contribution in [0.15, 0.2) is 24.5 Å². The predicted molar refractivity (Wildman–Crippen MR) is 72.4 cm³/mol. The van der Waals surface area contributed by atoms with E-state index in [-0.39, 0.29) is 17.8 Å². The van der Waals surface area contributed by atoms with Crippen molar-refractivity contribution in [1.29, 1.82) is 0 Å². The normalized spacial score (nSPS) is 10.2. The summed E-state index contributed by atoms with van der Waals surface area (Å²) in [6, 6.07) is 1.82. The Balaban J connectivity index is 2.27. The van der Waals surface area contributed by atoms with Crippen LogP contribution in [0.4, 0.5) is 15.8 Å². The Kier molecular flexibility index (Phi) is 4.12. The molecule has 0 saturated carbocycles. The quantitative estimate of drug-likeness (QED) is 0.570. The van der Waals surface area contributed by atoms with Gasteiger partial charge in [0.05, 0.1) is 23.2 Å². The molecule has 0 aliphatic rings. The van der Waals surface area contributed by atoms with E-state index in [1.807, 2.05) is 0 Å². The summed E-state index contributed by atoms with van der Waals surface area (Å²) < 4.78 is 13.5. The van der Waals surface area contributed by atoms with E-state index in [1.165, 1.54) is 13.2 Å². The third-order valence-electron chi connectivity index (χ3n) is 2.77. The van der Waals surface area contributed by atoms with Gasteiger partial charge in [-0.05, 0) is 6.07 Å². The highest BCUT2D eigenvalue weighted by Gasteiger charge is 2.23. The van der Waals surface area contributed by atoms with Crippen molar-refractivity contribution in [2.45, 2.75) is 6.54 Å². The predicted octanol–water partition coefficient (Wildman–Crippen LogP) is 1.43. The fourth-order valence-corrected chi connectivity index (χ4v) is 1.74. The number of imidazole rings is 1. The van der Waals surface area contributed by atoms with Crippen molar-refractivity contribution in [2.75, 3.05) is 12.4 Å². The molecule has 0 unspecified atom stereocenters. The number of rotatable bonds is 5. The van der Waals surface area contributed by atoms with Gasteiger partial charge in [-0.1, -0.05) is 0 Å². The van der Waals surface area contributed by atoms with Gasteiger partial charge in [0.2, 0.25) is 0 Å². The third kappa shape index (κ3) is 3.14. The first-order valence-electron chi connectivity index (χ1n) is 5.95. The molecule has 2 aromatic rings. The fourth-order valence-electron chi connectivity index (χ4n) is 1.74. The van der Waals surface area contributed by atoms with Gasteiger partial charge in [0, 0.05) is 19.4 Å². The highest BCUT2D eigenvalue weighted by atomic mass is 19.1. The summed E-state index contributed by atoms with van der Waals surface area (Å²) in [5.41, 5.74) is -0.815. The van der Waals surface area contributed by atoms with Crippen LogP contribution in [0.5, 0.6) is 0 Å². The second-order valence-electron chi connectivity index (χ2n) is 4.07. The lowest BCUT2D eigenvalue weighted by Gasteiger charge is -2.08. The summed E-state index contributed by atoms with van der Waals surface area (Å²) >= 11 is 0. The van der Waals surface area contributed by atoms with Gasteiger partial charge < -0.3 is 15.6 Å². The van der Waals surface area contributed by atoms with Crippen molar-refractivity contribution in [3.63, 3.8) is 0 Å². The van der Waals surface area contributed by atoms with Gasteiger partial charge in [0.15, 0.2) is 5.82 Å². The number of aromatic nitrogens is 2. The number of aromatic amines is 1. The number of nitro benzene ring substituents is 1. The minimum Gasteiger partial charge on any atom is -0.386 e. The van der Waals surface area contributed by atoms with Crippen LogP contribution in [0.3, 0.4) is 0 Å². The second kappa shape index (κ2) is 5.99. The van der Waals surface area contributed by atoms with E-state index in [4.69, 9.17) is 0 Å². The van der Waals surface area contributed by atoms with Crippen molar-refractivity contribution in [1.82, 2.24) is 15.3 Å². The molecule has 8 nitrogen and oxygen atoms in total. The number of hydrogen-bond donors (Lipinski definition) is 3. The summed E-state index contributed by atoms with van der Waals surface area (Å²) in [4.78, 5) is 28.9. The maximum Gasteiger partial charge on any atom is 0.285 e. The number of amides is 1. The smallest absolute Gasteiger partial charge is 0.285 e. The molecular weight excluding hydrogens is 281 g/mol. The number of H-pyrrole nitrogens is 1. The van der Waals surface area contributed by atoms with Crippen molar-refractivity contribution >= 4 is 17.3 Å². The summed E-state index contributed by atoms with van der Waals surface area (Å²) in [6.45, 7) is 0.0786. The van der Waals surface area contributed by atoms with Crippen molar-refractivity contribution in [3.8, 4) is 0 Å². The van der Waals surface area contributed by atoms with Gasteiger partial charge >= 0.3 is 0 Å². The van der Waals surface area contributed by atoms with E-state index in [9.17, 15) is 19.3 Å². The zero-order valence-electron chi connectivity index (χ0n) is 11.0. The van der Waals surface area contributed by atoms with Crippen LogP contribution in [-0.4, -0.2) is 27.8 Å². The summed E-state index contributed by atoms with van der Waals surface area (Å²) in [5.74, 6) is -0.983. The number of nitrogens with one attached hydrogen (secondary N) is 3. The molecule has 1 aromatic heterocycles. The van der Waals surface area contributed by atoms with E-state index < -0.39 is 22.3 Å². The van der Waals surface area contributed by atoms with Gasteiger partial charge in [-0.2, -0.15) is 0 Å². The topological polar surface area (TPSA) is 113 Å². The minimum atomic E-state index is -0.801. The van der Waals surface area contributed by atoms with Crippen LogP contribution >= 0.6 is 0 Å². The van der Waals surface area contributed by atoms with E-state index in [0.29, 0.717) is 11.9 Å². The first-order chi connectivity index (χ1) is 10.0. The maximum atomic E-state index is 13.5. The van der Waals surface area contributed by atoms with Crippen LogP contribution in [0.1, 0.15) is 16.2 Å². The molecule has 21 heavy (non-hydrogen) atoms. The Hall–Kier alpha value is -2.97. The molecule has 0 bridgehead atoms. The monoisotopic (exact) mass is 293 g/mol. The molecule has 0 radical (unpaired) electrons. The molecule has 0 atom stereocenters. The summed E-state index contributed by atoms with van der Waals surface area (Å²) in [5, 5.41) is 15.9. The third-order valence-corrected chi connectivity index (χ3v) is 2.77. The zero-order valence-corrected chi connectivity index (χ0v) is 11.0. The van der Waals surface area contributed by atoms with Crippen LogP contribution in [-0.2, 0) is 6.54 Å². The van der Waals surface area contributed by atoms with Gasteiger partial charge in [-0.15, -0.1) is 0 Å². The Bertz CT molecular complexity index is 672. The molecule has 0 aliphatic heterocycles. The number of hydrogen-bond acceptors (Lipinski definition) is 5. The van der Waals surface area contributed by atoms with Crippen LogP contribution in [0, 0.1) is 15.9 Å². The number of benzene rings is 1. The Labute approximate surface area is 118 Å². The molecule has 1 aromatic carbocycles. The lowest BCUT2D eigenvalue weighted by atomic mass is 10.1. The largest absolute Gasteiger partial charge is 0.386 e. The van der Waals surface area contributed by atoms with Gasteiger partial charge in [-0.25, -0.2) is 9.37 Å². The molecular formula is C12H12FN5O3. The molecule has 0 saturated heterocycles. The Morgan fingerprint density at radius 1 is 1.52 bits per heavy atom. The number of nitrogens with zero attached hydrogens (tertiary/aromatic N) is 2. The molecule has 1 heterocycles. The number of carbonyl (C=O) groups is 1. The number of nitro groups is 1. The lowest BCUT2D eigenvalue weighted by Crippen LogP contribution is -2.24. The van der Waals surface area contributed by atoms with Crippen molar-refractivity contribution in [3.05, 3.63) is 51.8 Å². The Morgan fingerprint density at radius 2 is 2.29 bits per heavy atom. The van der Waals surface area contributed by atoms with Gasteiger partial charge in [0.1, 0.15) is 11.4 Å². The van der Waals surface area contributed by atoms with Gasteiger partial charge in [-0.3, -0.25) is 14.9 Å². The Morgan fingerprint density at radius 3 is 2.86 bits per heavy atom. The average molecular weight is 293 g/mol. The van der Waals surface area contributed by atoms with Crippen molar-refractivity contribution in [2.24, 2.45) is 0 Å². The lowest BCUT2D eigenvalue weighted by molar-refractivity contribution is -0.385. The number of carbonyl (C=O) groups excluding carboxylic acids is 1. The second-order valence-corrected chi connectivity index (χ2v) is 4.07. The van der Waals surface area contributed by atoms with Gasteiger partial charge in [0.25, 0.3) is 11.6 Å². The zero-order chi connectivity index (χ0) is 15.4.